The highest BCUT2D eigenvalue weighted by Gasteiger charge is 2.21. The smallest absolute Gasteiger partial charge is 0.258 e. The third-order valence-electron chi connectivity index (χ3n) is 4.11. The summed E-state index contributed by atoms with van der Waals surface area (Å²) in [4.78, 5) is 17.1. The Hall–Kier alpha value is -2.70. The van der Waals surface area contributed by atoms with Crippen LogP contribution in [0.1, 0.15) is 52.9 Å². The first-order chi connectivity index (χ1) is 11.4. The molecule has 24 heavy (non-hydrogen) atoms. The normalized spacial score (nSPS) is 12.5. The van der Waals surface area contributed by atoms with Crippen molar-refractivity contribution in [3.8, 4) is 0 Å². The van der Waals surface area contributed by atoms with Crippen molar-refractivity contribution in [3.05, 3.63) is 40.5 Å². The van der Waals surface area contributed by atoms with Crippen molar-refractivity contribution in [2.75, 3.05) is 0 Å². The number of carbonyl (C=O) groups is 1. The fourth-order valence-electron chi connectivity index (χ4n) is 2.87. The lowest BCUT2D eigenvalue weighted by atomic mass is 10.1. The third-order valence-corrected chi connectivity index (χ3v) is 4.11. The number of hydrogen-bond donors (Lipinski definition) is 1. The molecule has 0 aromatic carbocycles. The van der Waals surface area contributed by atoms with Crippen LogP contribution in [0.25, 0.3) is 11.1 Å². The van der Waals surface area contributed by atoms with E-state index in [-0.39, 0.29) is 11.9 Å². The molecule has 0 spiro atoms. The summed E-state index contributed by atoms with van der Waals surface area (Å²) in [5.74, 6) is -0.173. The Bertz CT molecular complexity index is 909. The van der Waals surface area contributed by atoms with E-state index in [0.717, 1.165) is 17.8 Å². The summed E-state index contributed by atoms with van der Waals surface area (Å²) in [6.07, 6.45) is 1.97. The van der Waals surface area contributed by atoms with Crippen LogP contribution < -0.4 is 5.32 Å². The third kappa shape index (κ3) is 2.77. The Labute approximate surface area is 140 Å². The second kappa shape index (κ2) is 6.07. The lowest BCUT2D eigenvalue weighted by Crippen LogP contribution is -2.27. The molecule has 0 aliphatic carbocycles. The zero-order valence-corrected chi connectivity index (χ0v) is 14.5. The molecule has 1 unspecified atom stereocenters. The van der Waals surface area contributed by atoms with Crippen LogP contribution in [0.3, 0.4) is 0 Å². The van der Waals surface area contributed by atoms with Gasteiger partial charge in [0, 0.05) is 24.0 Å². The molecule has 0 saturated heterocycles. The Morgan fingerprint density at radius 2 is 2.08 bits per heavy atom. The van der Waals surface area contributed by atoms with Gasteiger partial charge in [0.1, 0.15) is 0 Å². The maximum Gasteiger partial charge on any atom is 0.258 e. The molecule has 0 bridgehead atoms. The van der Waals surface area contributed by atoms with Crippen LogP contribution in [0.5, 0.6) is 0 Å². The molecular weight excluding hydrogens is 306 g/mol. The number of carbonyl (C=O) groups excluding carboxylic acids is 1. The second-order valence-corrected chi connectivity index (χ2v) is 5.98. The number of nitrogens with zero attached hydrogens (tertiary/aromatic N) is 4. The molecule has 0 fully saturated rings. The first-order valence-electron chi connectivity index (χ1n) is 7.99. The minimum atomic E-state index is -0.173. The molecule has 3 aromatic rings. The highest BCUT2D eigenvalue weighted by Crippen LogP contribution is 2.23. The quantitative estimate of drug-likeness (QED) is 0.796. The summed E-state index contributed by atoms with van der Waals surface area (Å²) < 4.78 is 7.06. The molecule has 1 amide bonds. The Morgan fingerprint density at radius 1 is 1.33 bits per heavy atom. The minimum Gasteiger partial charge on any atom is -0.345 e. The van der Waals surface area contributed by atoms with E-state index < -0.39 is 0 Å². The van der Waals surface area contributed by atoms with Crippen molar-refractivity contribution in [1.29, 1.82) is 0 Å². The lowest BCUT2D eigenvalue weighted by molar-refractivity contribution is 0.0941. The van der Waals surface area contributed by atoms with Crippen LogP contribution >= 0.6 is 0 Å². The molecule has 0 radical (unpaired) electrons. The van der Waals surface area contributed by atoms with Crippen molar-refractivity contribution < 1.29 is 9.32 Å². The largest absolute Gasteiger partial charge is 0.345 e. The molecule has 7 nitrogen and oxygen atoms in total. The van der Waals surface area contributed by atoms with Crippen molar-refractivity contribution >= 4 is 17.0 Å². The van der Waals surface area contributed by atoms with Crippen molar-refractivity contribution in [3.63, 3.8) is 0 Å². The van der Waals surface area contributed by atoms with E-state index >= 15 is 0 Å². The number of rotatable bonds is 4. The van der Waals surface area contributed by atoms with Gasteiger partial charge < -0.3 is 9.84 Å². The monoisotopic (exact) mass is 327 g/mol. The van der Waals surface area contributed by atoms with Gasteiger partial charge in [-0.15, -0.1) is 0 Å². The van der Waals surface area contributed by atoms with Crippen molar-refractivity contribution in [1.82, 2.24) is 25.2 Å². The van der Waals surface area contributed by atoms with Crippen LogP contribution in [-0.4, -0.2) is 25.8 Å². The number of aromatic nitrogens is 4. The van der Waals surface area contributed by atoms with E-state index in [1.165, 1.54) is 0 Å². The fourth-order valence-corrected chi connectivity index (χ4v) is 2.87. The Kier molecular flexibility index (Phi) is 4.09. The van der Waals surface area contributed by atoms with E-state index in [1.807, 2.05) is 38.6 Å². The van der Waals surface area contributed by atoms with Gasteiger partial charge in [0.25, 0.3) is 11.6 Å². The predicted octanol–water partition coefficient (Wildman–Crippen LogP) is 2.86. The van der Waals surface area contributed by atoms with Gasteiger partial charge in [0.2, 0.25) is 0 Å². The molecule has 3 rings (SSSR count). The molecule has 0 aliphatic heterocycles. The molecule has 3 aromatic heterocycles. The second-order valence-electron chi connectivity index (χ2n) is 5.98. The lowest BCUT2D eigenvalue weighted by Gasteiger charge is -2.14. The van der Waals surface area contributed by atoms with E-state index in [9.17, 15) is 4.79 Å². The van der Waals surface area contributed by atoms with Crippen LogP contribution in [0, 0.1) is 20.8 Å². The molecule has 3 heterocycles. The number of fused-ring (bicyclic) bond motifs is 1. The van der Waals surface area contributed by atoms with Crippen LogP contribution in [0.15, 0.2) is 16.8 Å². The molecule has 126 valence electrons. The van der Waals surface area contributed by atoms with Gasteiger partial charge in [-0.1, -0.05) is 5.16 Å². The van der Waals surface area contributed by atoms with E-state index in [4.69, 9.17) is 4.52 Å². The van der Waals surface area contributed by atoms with Crippen LogP contribution in [0.2, 0.25) is 0 Å². The zero-order valence-electron chi connectivity index (χ0n) is 14.5. The summed E-state index contributed by atoms with van der Waals surface area (Å²) in [6.45, 7) is 10.4. The van der Waals surface area contributed by atoms with E-state index in [0.29, 0.717) is 28.1 Å². The number of amides is 1. The standard InChI is InChI=1S/C17H21N5O2/c1-6-22-8-14(11(4)20-22)10(3)19-16(23)13-7-9(2)18-17-15(13)12(5)21-24-17/h7-8,10H,6H2,1-5H3,(H,19,23). The maximum atomic E-state index is 12.8. The topological polar surface area (TPSA) is 85.8 Å². The average Bonchev–Trinajstić information content (AvgIpc) is 3.09. The molecule has 1 atom stereocenters. The molecule has 0 saturated carbocycles. The van der Waals surface area contributed by atoms with Crippen LogP contribution in [0.4, 0.5) is 0 Å². The van der Waals surface area contributed by atoms with Gasteiger partial charge in [-0.25, -0.2) is 4.98 Å². The van der Waals surface area contributed by atoms with E-state index in [1.54, 1.807) is 13.0 Å². The zero-order chi connectivity index (χ0) is 17.4. The summed E-state index contributed by atoms with van der Waals surface area (Å²) in [5, 5.41) is 12.0. The van der Waals surface area contributed by atoms with Gasteiger partial charge in [0.05, 0.1) is 28.4 Å². The number of nitrogens with one attached hydrogen (secondary N) is 1. The first-order valence-corrected chi connectivity index (χ1v) is 7.99. The molecular formula is C17H21N5O2. The van der Waals surface area contributed by atoms with Gasteiger partial charge in [-0.05, 0) is 40.7 Å². The van der Waals surface area contributed by atoms with Crippen molar-refractivity contribution in [2.24, 2.45) is 0 Å². The molecule has 1 N–H and O–H groups in total. The van der Waals surface area contributed by atoms with Gasteiger partial charge >= 0.3 is 0 Å². The molecule has 0 aliphatic rings. The van der Waals surface area contributed by atoms with Gasteiger partial charge in [-0.3, -0.25) is 9.48 Å². The number of hydrogen-bond acceptors (Lipinski definition) is 5. The summed E-state index contributed by atoms with van der Waals surface area (Å²) in [6, 6.07) is 1.61. The average molecular weight is 327 g/mol. The van der Waals surface area contributed by atoms with Gasteiger partial charge in [-0.2, -0.15) is 5.10 Å². The first kappa shape index (κ1) is 16.2. The SMILES string of the molecule is CCn1cc(C(C)NC(=O)c2cc(C)nc3onc(C)c23)c(C)n1. The highest BCUT2D eigenvalue weighted by atomic mass is 16.5. The number of aryl methyl sites for hydroxylation is 4. The Morgan fingerprint density at radius 3 is 2.75 bits per heavy atom. The van der Waals surface area contributed by atoms with E-state index in [2.05, 4.69) is 20.6 Å². The summed E-state index contributed by atoms with van der Waals surface area (Å²) >= 11 is 0. The maximum absolute atomic E-state index is 12.8. The summed E-state index contributed by atoms with van der Waals surface area (Å²) in [5.41, 5.74) is 4.22. The minimum absolute atomic E-state index is 0.151. The Balaban J connectivity index is 1.92. The highest BCUT2D eigenvalue weighted by molar-refractivity contribution is 6.06. The molecule has 7 heteroatoms. The fraction of sp³-hybridized carbons (Fsp3) is 0.412. The van der Waals surface area contributed by atoms with Gasteiger partial charge in [0.15, 0.2) is 0 Å². The number of pyridine rings is 1. The van der Waals surface area contributed by atoms with Crippen LogP contribution in [-0.2, 0) is 6.54 Å². The summed E-state index contributed by atoms with van der Waals surface area (Å²) in [7, 11) is 0. The predicted molar refractivity (Wildman–Crippen MR) is 89.8 cm³/mol. The van der Waals surface area contributed by atoms with Crippen molar-refractivity contribution in [2.45, 2.75) is 47.2 Å².